The van der Waals surface area contributed by atoms with Gasteiger partial charge in [0.15, 0.2) is 5.78 Å². The van der Waals surface area contributed by atoms with Crippen molar-refractivity contribution in [1.29, 1.82) is 0 Å². The number of nitrogens with one attached hydrogen (secondary N) is 1. The number of methoxy groups -OCH3 is 2. The van der Waals surface area contributed by atoms with Crippen LogP contribution in [0.2, 0.25) is 0 Å². The summed E-state index contributed by atoms with van der Waals surface area (Å²) >= 11 is 0. The largest absolute Gasteiger partial charge is 0.497 e. The fourth-order valence-electron chi connectivity index (χ4n) is 4.92. The van der Waals surface area contributed by atoms with E-state index < -0.39 is 12.0 Å². The molecule has 1 amide bonds. The zero-order chi connectivity index (χ0) is 32.2. The summed E-state index contributed by atoms with van der Waals surface area (Å²) in [5.41, 5.74) is 3.22. The summed E-state index contributed by atoms with van der Waals surface area (Å²) in [5.74, 6) is 0.978. The maximum atomic E-state index is 13.2. The molecule has 0 aliphatic carbocycles. The summed E-state index contributed by atoms with van der Waals surface area (Å²) in [4.78, 5) is 40.8. The number of benzene rings is 4. The van der Waals surface area contributed by atoms with E-state index in [1.807, 2.05) is 86.6 Å². The van der Waals surface area contributed by atoms with E-state index in [1.54, 1.807) is 42.3 Å². The molecule has 0 saturated heterocycles. The lowest BCUT2D eigenvalue weighted by molar-refractivity contribution is -0.141. The van der Waals surface area contributed by atoms with Gasteiger partial charge in [0.05, 0.1) is 20.8 Å². The third kappa shape index (κ3) is 9.19. The van der Waals surface area contributed by atoms with Crippen LogP contribution in [0.4, 0.5) is 11.4 Å². The van der Waals surface area contributed by atoms with Crippen LogP contribution in [0.25, 0.3) is 0 Å². The Bertz CT molecular complexity index is 1570. The van der Waals surface area contributed by atoms with Gasteiger partial charge in [0.2, 0.25) is 5.91 Å². The smallest absolute Gasteiger partial charge is 0.328 e. The van der Waals surface area contributed by atoms with Crippen molar-refractivity contribution in [3.8, 4) is 11.5 Å². The van der Waals surface area contributed by atoms with Crippen LogP contribution in [0.3, 0.4) is 0 Å². The lowest BCUT2D eigenvalue weighted by atomic mass is 10.00. The summed E-state index contributed by atoms with van der Waals surface area (Å²) in [6.07, 6.45) is 0.750. The van der Waals surface area contributed by atoms with E-state index in [2.05, 4.69) is 5.32 Å². The van der Waals surface area contributed by atoms with E-state index in [1.165, 1.54) is 7.11 Å². The minimum atomic E-state index is -0.727. The fraction of sp³-hybridized carbons (Fsp3) is 0.270. The quantitative estimate of drug-likeness (QED) is 0.120. The second kappa shape index (κ2) is 16.1. The van der Waals surface area contributed by atoms with Crippen LogP contribution in [0.15, 0.2) is 103 Å². The van der Waals surface area contributed by atoms with Crippen molar-refractivity contribution in [2.45, 2.75) is 32.7 Å². The number of nitrogens with zero attached hydrogens (tertiary/aromatic N) is 1. The first-order valence-corrected chi connectivity index (χ1v) is 15.0. The number of anilines is 2. The van der Waals surface area contributed by atoms with Gasteiger partial charge in [-0.15, -0.1) is 0 Å². The van der Waals surface area contributed by atoms with Gasteiger partial charge in [-0.3, -0.25) is 9.59 Å². The van der Waals surface area contributed by atoms with E-state index in [0.717, 1.165) is 11.3 Å². The zero-order valence-electron chi connectivity index (χ0n) is 26.2. The Morgan fingerprint density at radius 1 is 0.800 bits per heavy atom. The highest BCUT2D eigenvalue weighted by atomic mass is 16.5. The summed E-state index contributed by atoms with van der Waals surface area (Å²) < 4.78 is 16.4. The maximum absolute atomic E-state index is 13.2. The molecule has 0 heterocycles. The molecule has 8 heteroatoms. The van der Waals surface area contributed by atoms with Crippen LogP contribution in [-0.4, -0.2) is 51.1 Å². The van der Waals surface area contributed by atoms with Crippen LogP contribution >= 0.6 is 0 Å². The summed E-state index contributed by atoms with van der Waals surface area (Å²) in [5, 5.41) is 3.23. The van der Waals surface area contributed by atoms with Gasteiger partial charge < -0.3 is 24.4 Å². The van der Waals surface area contributed by atoms with E-state index >= 15 is 0 Å². The Morgan fingerprint density at radius 3 is 2.20 bits per heavy atom. The number of hydrogen-bond acceptors (Lipinski definition) is 7. The highest BCUT2D eigenvalue weighted by Gasteiger charge is 2.23. The average Bonchev–Trinajstić information content (AvgIpc) is 3.06. The first kappa shape index (κ1) is 32.8. The molecule has 1 unspecified atom stereocenters. The van der Waals surface area contributed by atoms with Crippen molar-refractivity contribution < 1.29 is 28.6 Å². The van der Waals surface area contributed by atoms with Gasteiger partial charge in [-0.1, -0.05) is 74.5 Å². The highest BCUT2D eigenvalue weighted by molar-refractivity contribution is 6.12. The number of rotatable bonds is 15. The predicted octanol–water partition coefficient (Wildman–Crippen LogP) is 6.58. The van der Waals surface area contributed by atoms with Gasteiger partial charge in [-0.25, -0.2) is 4.79 Å². The molecule has 45 heavy (non-hydrogen) atoms. The van der Waals surface area contributed by atoms with Gasteiger partial charge >= 0.3 is 5.97 Å². The third-order valence-electron chi connectivity index (χ3n) is 7.22. The molecule has 0 saturated carbocycles. The number of carbonyl (C=O) groups excluding carboxylic acids is 3. The van der Waals surface area contributed by atoms with Gasteiger partial charge in [0.25, 0.3) is 0 Å². The summed E-state index contributed by atoms with van der Waals surface area (Å²) in [6.45, 7) is 4.70. The molecule has 8 nitrogen and oxygen atoms in total. The molecule has 0 aliphatic rings. The molecule has 0 fully saturated rings. The highest BCUT2D eigenvalue weighted by Crippen LogP contribution is 2.24. The first-order chi connectivity index (χ1) is 21.8. The molecular weight excluding hydrogens is 568 g/mol. The first-order valence-electron chi connectivity index (χ1n) is 15.0. The average molecular weight is 609 g/mol. The van der Waals surface area contributed by atoms with Crippen molar-refractivity contribution >= 4 is 29.0 Å². The van der Waals surface area contributed by atoms with E-state index in [4.69, 9.17) is 14.2 Å². The maximum Gasteiger partial charge on any atom is 0.328 e. The fourth-order valence-corrected chi connectivity index (χ4v) is 4.92. The molecule has 0 bridgehead atoms. The van der Waals surface area contributed by atoms with E-state index in [0.29, 0.717) is 54.3 Å². The van der Waals surface area contributed by atoms with Crippen molar-refractivity contribution in [2.24, 2.45) is 5.92 Å². The van der Waals surface area contributed by atoms with Crippen LogP contribution in [0.1, 0.15) is 41.8 Å². The number of ketones is 1. The molecule has 234 valence electrons. The number of carbonyl (C=O) groups is 3. The number of para-hydroxylation sites is 1. The van der Waals surface area contributed by atoms with Gasteiger partial charge in [-0.2, -0.15) is 0 Å². The summed E-state index contributed by atoms with van der Waals surface area (Å²) in [6, 6.07) is 30.3. The zero-order valence-corrected chi connectivity index (χ0v) is 26.2. The standard InChI is InChI=1S/C37H40N2O6/c1-26(2)23-35(40)39(29-13-10-14-31(25-29)43-3)21-22-45-30-19-17-27(18-20-30)24-34(37(42)44-4)38-33-16-9-8-15-32(33)36(41)28-11-6-5-7-12-28/h5-20,25-26,34,38H,21-24H2,1-4H3. The predicted molar refractivity (Wildman–Crippen MR) is 176 cm³/mol. The molecule has 1 N–H and O–H groups in total. The number of hydrogen-bond donors (Lipinski definition) is 1. The van der Waals surface area contributed by atoms with Crippen LogP contribution < -0.4 is 19.7 Å². The third-order valence-corrected chi connectivity index (χ3v) is 7.22. The van der Waals surface area contributed by atoms with E-state index in [9.17, 15) is 14.4 Å². The molecule has 4 aromatic rings. The number of amides is 1. The van der Waals surface area contributed by atoms with Gasteiger partial charge in [0, 0.05) is 41.4 Å². The van der Waals surface area contributed by atoms with Crippen molar-refractivity contribution in [2.75, 3.05) is 37.6 Å². The Kier molecular flexibility index (Phi) is 11.7. The number of esters is 1. The Balaban J connectivity index is 1.42. The molecular formula is C37H40N2O6. The number of ether oxygens (including phenoxy) is 3. The van der Waals surface area contributed by atoms with Gasteiger partial charge in [-0.05, 0) is 47.9 Å². The molecule has 0 spiro atoms. The van der Waals surface area contributed by atoms with Crippen molar-refractivity contribution in [1.82, 2.24) is 0 Å². The minimum Gasteiger partial charge on any atom is -0.497 e. The SMILES string of the molecule is COC(=O)C(Cc1ccc(OCCN(C(=O)CC(C)C)c2cccc(OC)c2)cc1)Nc1ccccc1C(=O)c1ccccc1. The van der Waals surface area contributed by atoms with Gasteiger partial charge in [0.1, 0.15) is 24.1 Å². The summed E-state index contributed by atoms with van der Waals surface area (Å²) in [7, 11) is 2.94. The normalized spacial score (nSPS) is 11.4. The minimum absolute atomic E-state index is 0.0191. The van der Waals surface area contributed by atoms with E-state index in [-0.39, 0.29) is 17.6 Å². The van der Waals surface area contributed by atoms with Crippen LogP contribution in [-0.2, 0) is 20.7 Å². The lowest BCUT2D eigenvalue weighted by Gasteiger charge is -2.24. The molecule has 1 atom stereocenters. The molecule has 0 radical (unpaired) electrons. The van der Waals surface area contributed by atoms with Crippen molar-refractivity contribution in [3.05, 3.63) is 120 Å². The van der Waals surface area contributed by atoms with Crippen molar-refractivity contribution in [3.63, 3.8) is 0 Å². The second-order valence-electron chi connectivity index (χ2n) is 11.0. The Labute approximate surface area is 264 Å². The second-order valence-corrected chi connectivity index (χ2v) is 11.0. The molecule has 0 aliphatic heterocycles. The molecule has 0 aromatic heterocycles. The molecule has 4 aromatic carbocycles. The lowest BCUT2D eigenvalue weighted by Crippen LogP contribution is -2.35. The Morgan fingerprint density at radius 2 is 1.51 bits per heavy atom. The van der Waals surface area contributed by atoms with Crippen LogP contribution in [0.5, 0.6) is 11.5 Å². The van der Waals surface area contributed by atoms with Crippen LogP contribution in [0, 0.1) is 5.92 Å². The Hall–Kier alpha value is -5.11. The monoisotopic (exact) mass is 608 g/mol. The molecule has 4 rings (SSSR count). The topological polar surface area (TPSA) is 94.2 Å².